The summed E-state index contributed by atoms with van der Waals surface area (Å²) in [7, 11) is 0. The third-order valence-corrected chi connectivity index (χ3v) is 4.87. The molecule has 2 aromatic rings. The fourth-order valence-electron chi connectivity index (χ4n) is 3.09. The average Bonchev–Trinajstić information content (AvgIpc) is 2.68. The van der Waals surface area contributed by atoms with Crippen molar-refractivity contribution in [1.29, 1.82) is 0 Å². The maximum atomic E-state index is 13.8. The predicted octanol–water partition coefficient (Wildman–Crippen LogP) is 4.37. The van der Waals surface area contributed by atoms with Gasteiger partial charge in [-0.3, -0.25) is 9.59 Å². The molecule has 1 N–H and O–H groups in total. The van der Waals surface area contributed by atoms with Gasteiger partial charge in [0.1, 0.15) is 5.82 Å². The molecular weight excluding hydrogens is 367 g/mol. The van der Waals surface area contributed by atoms with E-state index < -0.39 is 5.82 Å². The fourth-order valence-corrected chi connectivity index (χ4v) is 3.31. The fraction of sp³-hybridized carbons (Fsp3) is 0.238. The Bertz CT molecular complexity index is 834. The molecule has 3 rings (SSSR count). The Kier molecular flexibility index (Phi) is 6.24. The van der Waals surface area contributed by atoms with E-state index in [-0.39, 0.29) is 28.3 Å². The van der Waals surface area contributed by atoms with Crippen molar-refractivity contribution in [3.8, 4) is 0 Å². The minimum atomic E-state index is -0.481. The van der Waals surface area contributed by atoms with Crippen LogP contribution >= 0.6 is 11.6 Å². The van der Waals surface area contributed by atoms with Gasteiger partial charge in [0.2, 0.25) is 11.8 Å². The van der Waals surface area contributed by atoms with Crippen molar-refractivity contribution in [2.75, 3.05) is 18.4 Å². The molecule has 0 aliphatic carbocycles. The van der Waals surface area contributed by atoms with E-state index in [1.54, 1.807) is 11.0 Å². The molecule has 140 valence electrons. The normalized spacial score (nSPS) is 17.1. The van der Waals surface area contributed by atoms with Gasteiger partial charge in [0, 0.05) is 30.4 Å². The van der Waals surface area contributed by atoms with Crippen LogP contribution in [0.15, 0.2) is 54.6 Å². The lowest BCUT2D eigenvalue weighted by atomic mass is 9.97. The van der Waals surface area contributed by atoms with Crippen LogP contribution in [-0.4, -0.2) is 29.8 Å². The molecule has 6 heteroatoms. The van der Waals surface area contributed by atoms with Gasteiger partial charge in [0.25, 0.3) is 0 Å². The van der Waals surface area contributed by atoms with Gasteiger partial charge in [0.05, 0.1) is 10.9 Å². The first-order chi connectivity index (χ1) is 13.0. The minimum absolute atomic E-state index is 0.0974. The zero-order chi connectivity index (χ0) is 19.2. The van der Waals surface area contributed by atoms with E-state index in [0.29, 0.717) is 13.1 Å². The minimum Gasteiger partial charge on any atom is -0.338 e. The summed E-state index contributed by atoms with van der Waals surface area (Å²) in [6.07, 6.45) is 4.16. The molecule has 27 heavy (non-hydrogen) atoms. The van der Waals surface area contributed by atoms with Crippen LogP contribution in [0.5, 0.6) is 0 Å². The zero-order valence-corrected chi connectivity index (χ0v) is 15.5. The lowest BCUT2D eigenvalue weighted by Gasteiger charge is -2.31. The number of amides is 2. The van der Waals surface area contributed by atoms with Crippen molar-refractivity contribution in [1.82, 2.24) is 4.90 Å². The summed E-state index contributed by atoms with van der Waals surface area (Å²) in [5, 5.41) is 3.13. The van der Waals surface area contributed by atoms with E-state index in [0.717, 1.165) is 18.5 Å². The third-order valence-electron chi connectivity index (χ3n) is 4.54. The topological polar surface area (TPSA) is 49.4 Å². The van der Waals surface area contributed by atoms with Gasteiger partial charge in [-0.25, -0.2) is 4.39 Å². The quantitative estimate of drug-likeness (QED) is 0.793. The van der Waals surface area contributed by atoms with Crippen molar-refractivity contribution < 1.29 is 14.0 Å². The SMILES string of the molecule is O=C(Nc1ccccc1)C1CCCN(C(=O)/C=C/c2c(F)cccc2Cl)C1. The Hall–Kier alpha value is -2.66. The third kappa shape index (κ3) is 4.95. The highest BCUT2D eigenvalue weighted by molar-refractivity contribution is 6.32. The maximum Gasteiger partial charge on any atom is 0.246 e. The van der Waals surface area contributed by atoms with E-state index >= 15 is 0 Å². The second-order valence-electron chi connectivity index (χ2n) is 6.45. The number of para-hydroxylation sites is 1. The number of benzene rings is 2. The predicted molar refractivity (Wildman–Crippen MR) is 105 cm³/mol. The van der Waals surface area contributed by atoms with Crippen LogP contribution in [0, 0.1) is 11.7 Å². The van der Waals surface area contributed by atoms with E-state index in [2.05, 4.69) is 5.32 Å². The van der Waals surface area contributed by atoms with Crippen LogP contribution in [-0.2, 0) is 9.59 Å². The Morgan fingerprint density at radius 1 is 1.15 bits per heavy atom. The van der Waals surface area contributed by atoms with Crippen LogP contribution in [0.3, 0.4) is 0 Å². The Morgan fingerprint density at radius 3 is 2.67 bits per heavy atom. The second kappa shape index (κ2) is 8.82. The lowest BCUT2D eigenvalue weighted by molar-refractivity contribution is -0.130. The molecular formula is C21H20ClFN2O2. The van der Waals surface area contributed by atoms with Crippen molar-refractivity contribution >= 4 is 35.2 Å². The molecule has 1 fully saturated rings. The highest BCUT2D eigenvalue weighted by Crippen LogP contribution is 2.22. The second-order valence-corrected chi connectivity index (χ2v) is 6.85. The summed E-state index contributed by atoms with van der Waals surface area (Å²) in [6, 6.07) is 13.6. The standard InChI is InChI=1S/C21H20ClFN2O2/c22-18-9-4-10-19(23)17(18)11-12-20(26)25-13-5-6-15(14-25)21(27)24-16-7-2-1-3-8-16/h1-4,7-12,15H,5-6,13-14H2,(H,24,27)/b12-11+. The molecule has 1 aliphatic rings. The summed E-state index contributed by atoms with van der Waals surface area (Å²) in [4.78, 5) is 26.5. The summed E-state index contributed by atoms with van der Waals surface area (Å²) in [5.41, 5.74) is 0.919. The number of carbonyl (C=O) groups is 2. The van der Waals surface area contributed by atoms with E-state index in [4.69, 9.17) is 11.6 Å². The van der Waals surface area contributed by atoms with Crippen molar-refractivity contribution in [3.05, 3.63) is 71.0 Å². The summed E-state index contributed by atoms with van der Waals surface area (Å²) in [5.74, 6) is -1.11. The van der Waals surface area contributed by atoms with Gasteiger partial charge in [-0.05, 0) is 43.2 Å². The first kappa shape index (κ1) is 19.1. The average molecular weight is 387 g/mol. The van der Waals surface area contributed by atoms with Crippen LogP contribution < -0.4 is 5.32 Å². The van der Waals surface area contributed by atoms with Crippen LogP contribution in [0.1, 0.15) is 18.4 Å². The molecule has 2 aromatic carbocycles. The summed E-state index contributed by atoms with van der Waals surface area (Å²) < 4.78 is 13.8. The highest BCUT2D eigenvalue weighted by Gasteiger charge is 2.27. The largest absolute Gasteiger partial charge is 0.338 e. The number of piperidine rings is 1. The number of likely N-dealkylation sites (tertiary alicyclic amines) is 1. The van der Waals surface area contributed by atoms with Crippen LogP contribution in [0.25, 0.3) is 6.08 Å². The Balaban J connectivity index is 1.62. The van der Waals surface area contributed by atoms with Gasteiger partial charge < -0.3 is 10.2 Å². The summed E-state index contributed by atoms with van der Waals surface area (Å²) >= 11 is 5.97. The Labute approximate surface area is 162 Å². The molecule has 4 nitrogen and oxygen atoms in total. The number of nitrogens with one attached hydrogen (secondary N) is 1. The van der Waals surface area contributed by atoms with E-state index in [1.165, 1.54) is 24.3 Å². The number of rotatable bonds is 4. The molecule has 0 spiro atoms. The summed E-state index contributed by atoms with van der Waals surface area (Å²) in [6.45, 7) is 0.913. The molecule has 0 saturated carbocycles. The molecule has 1 atom stereocenters. The molecule has 1 heterocycles. The van der Waals surface area contributed by atoms with Crippen LogP contribution in [0.4, 0.5) is 10.1 Å². The Morgan fingerprint density at radius 2 is 1.93 bits per heavy atom. The number of nitrogens with zero attached hydrogens (tertiary/aromatic N) is 1. The number of halogens is 2. The highest BCUT2D eigenvalue weighted by atomic mass is 35.5. The van der Waals surface area contributed by atoms with E-state index in [9.17, 15) is 14.0 Å². The lowest BCUT2D eigenvalue weighted by Crippen LogP contribution is -2.43. The molecule has 0 bridgehead atoms. The number of carbonyl (C=O) groups excluding carboxylic acids is 2. The molecule has 2 amide bonds. The van der Waals surface area contributed by atoms with Crippen LogP contribution in [0.2, 0.25) is 5.02 Å². The van der Waals surface area contributed by atoms with Gasteiger partial charge in [0.15, 0.2) is 0 Å². The van der Waals surface area contributed by atoms with Crippen molar-refractivity contribution in [3.63, 3.8) is 0 Å². The molecule has 0 aromatic heterocycles. The monoisotopic (exact) mass is 386 g/mol. The van der Waals surface area contributed by atoms with Gasteiger partial charge in [-0.1, -0.05) is 35.9 Å². The van der Waals surface area contributed by atoms with Crippen molar-refractivity contribution in [2.45, 2.75) is 12.8 Å². The first-order valence-electron chi connectivity index (χ1n) is 8.81. The molecule has 1 unspecified atom stereocenters. The van der Waals surface area contributed by atoms with Crippen molar-refractivity contribution in [2.24, 2.45) is 5.92 Å². The zero-order valence-electron chi connectivity index (χ0n) is 14.7. The molecule has 1 aliphatic heterocycles. The smallest absolute Gasteiger partial charge is 0.246 e. The number of hydrogen-bond donors (Lipinski definition) is 1. The van der Waals surface area contributed by atoms with Gasteiger partial charge >= 0.3 is 0 Å². The first-order valence-corrected chi connectivity index (χ1v) is 9.19. The number of hydrogen-bond acceptors (Lipinski definition) is 2. The molecule has 0 radical (unpaired) electrons. The number of anilines is 1. The maximum absolute atomic E-state index is 13.8. The van der Waals surface area contributed by atoms with Gasteiger partial charge in [-0.15, -0.1) is 0 Å². The van der Waals surface area contributed by atoms with Gasteiger partial charge in [-0.2, -0.15) is 0 Å². The molecule has 1 saturated heterocycles. The van der Waals surface area contributed by atoms with E-state index in [1.807, 2.05) is 30.3 Å².